The van der Waals surface area contributed by atoms with Gasteiger partial charge >= 0.3 is 5.97 Å². The maximum Gasteiger partial charge on any atom is 0.342 e. The number of esters is 1. The van der Waals surface area contributed by atoms with E-state index in [2.05, 4.69) is 17.4 Å². The molecule has 160 valence electrons. The van der Waals surface area contributed by atoms with Crippen molar-refractivity contribution in [2.45, 2.75) is 38.8 Å². The Morgan fingerprint density at radius 3 is 2.16 bits per heavy atom. The highest BCUT2D eigenvalue weighted by molar-refractivity contribution is 5.94. The van der Waals surface area contributed by atoms with Crippen LogP contribution in [-0.4, -0.2) is 24.0 Å². The Morgan fingerprint density at radius 1 is 0.839 bits per heavy atom. The lowest BCUT2D eigenvalue weighted by atomic mass is 10.1. The Kier molecular flexibility index (Phi) is 7.82. The Morgan fingerprint density at radius 2 is 1.45 bits per heavy atom. The highest BCUT2D eigenvalue weighted by Gasteiger charge is 2.22. The smallest absolute Gasteiger partial charge is 0.342 e. The molecule has 0 radical (unpaired) electrons. The molecule has 0 aromatic heterocycles. The van der Waals surface area contributed by atoms with Gasteiger partial charge in [-0.25, -0.2) is 4.79 Å². The third-order valence-corrected chi connectivity index (χ3v) is 4.83. The first-order valence-electron chi connectivity index (χ1n) is 10.4. The largest absolute Gasteiger partial charge is 0.456 e. The van der Waals surface area contributed by atoms with Gasteiger partial charge in [0.2, 0.25) is 0 Å². The van der Waals surface area contributed by atoms with Crippen LogP contribution in [0.2, 0.25) is 0 Å². The summed E-state index contributed by atoms with van der Waals surface area (Å²) in [4.78, 5) is 25.2. The van der Waals surface area contributed by atoms with Gasteiger partial charge in [0.05, 0.1) is 0 Å². The minimum atomic E-state index is -0.920. The Hall–Kier alpha value is -3.60. The maximum absolute atomic E-state index is 12.7. The van der Waals surface area contributed by atoms with Crippen LogP contribution >= 0.6 is 0 Å². The van der Waals surface area contributed by atoms with E-state index in [1.165, 1.54) is 5.56 Å². The van der Waals surface area contributed by atoms with Crippen molar-refractivity contribution in [1.82, 2.24) is 5.32 Å². The van der Waals surface area contributed by atoms with Crippen LogP contribution in [0.5, 0.6) is 11.5 Å². The van der Waals surface area contributed by atoms with Crippen LogP contribution in [0.15, 0.2) is 84.9 Å². The fourth-order valence-corrected chi connectivity index (χ4v) is 3.08. The topological polar surface area (TPSA) is 64.6 Å². The molecule has 0 fully saturated rings. The van der Waals surface area contributed by atoms with E-state index < -0.39 is 12.1 Å². The molecule has 0 bridgehead atoms. The van der Waals surface area contributed by atoms with E-state index in [1.807, 2.05) is 43.3 Å². The Labute approximate surface area is 183 Å². The molecule has 31 heavy (non-hydrogen) atoms. The summed E-state index contributed by atoms with van der Waals surface area (Å²) in [6.45, 7) is 3.51. The molecular weight excluding hydrogens is 390 g/mol. The van der Waals surface area contributed by atoms with Crippen LogP contribution in [0.1, 0.15) is 36.2 Å². The van der Waals surface area contributed by atoms with Crippen LogP contribution < -0.4 is 10.1 Å². The van der Waals surface area contributed by atoms with Crippen molar-refractivity contribution in [2.75, 3.05) is 0 Å². The molecule has 5 nitrogen and oxygen atoms in total. The third kappa shape index (κ3) is 6.71. The molecule has 0 saturated carbocycles. The molecule has 2 atom stereocenters. The van der Waals surface area contributed by atoms with Crippen LogP contribution in [0.3, 0.4) is 0 Å². The number of carbonyl (C=O) groups excluding carboxylic acids is 2. The van der Waals surface area contributed by atoms with Crippen molar-refractivity contribution in [3.63, 3.8) is 0 Å². The summed E-state index contributed by atoms with van der Waals surface area (Å²) in [6, 6.07) is 26.1. The summed E-state index contributed by atoms with van der Waals surface area (Å²) in [5.74, 6) is 0.0600. The number of hydrogen-bond donors (Lipinski definition) is 1. The molecule has 0 heterocycles. The van der Waals surface area contributed by atoms with Crippen LogP contribution in [0.25, 0.3) is 0 Å². The zero-order valence-corrected chi connectivity index (χ0v) is 17.8. The summed E-state index contributed by atoms with van der Waals surface area (Å²) >= 11 is 0. The first-order chi connectivity index (χ1) is 15.0. The van der Waals surface area contributed by atoms with Gasteiger partial charge < -0.3 is 14.8 Å². The predicted octanol–water partition coefficient (Wildman–Crippen LogP) is 5.16. The lowest BCUT2D eigenvalue weighted by molar-refractivity contribution is -0.129. The molecule has 0 saturated heterocycles. The van der Waals surface area contributed by atoms with Crippen molar-refractivity contribution < 1.29 is 19.1 Å². The van der Waals surface area contributed by atoms with Gasteiger partial charge in [-0.1, -0.05) is 60.7 Å². The lowest BCUT2D eigenvalue weighted by Gasteiger charge is -2.18. The second-order valence-corrected chi connectivity index (χ2v) is 7.39. The predicted molar refractivity (Wildman–Crippen MR) is 120 cm³/mol. The van der Waals surface area contributed by atoms with Gasteiger partial charge in [-0.3, -0.25) is 4.79 Å². The fourth-order valence-electron chi connectivity index (χ4n) is 3.08. The number of rotatable bonds is 9. The van der Waals surface area contributed by atoms with Crippen molar-refractivity contribution in [2.24, 2.45) is 0 Å². The first-order valence-corrected chi connectivity index (χ1v) is 10.4. The van der Waals surface area contributed by atoms with Gasteiger partial charge in [-0.15, -0.1) is 0 Å². The highest BCUT2D eigenvalue weighted by atomic mass is 16.5. The quantitative estimate of drug-likeness (QED) is 0.488. The second-order valence-electron chi connectivity index (χ2n) is 7.39. The van der Waals surface area contributed by atoms with Crippen molar-refractivity contribution >= 4 is 11.9 Å². The number of amides is 1. The maximum atomic E-state index is 12.7. The molecule has 0 spiro atoms. The molecule has 0 aliphatic rings. The summed E-state index contributed by atoms with van der Waals surface area (Å²) in [7, 11) is 0. The normalized spacial score (nSPS) is 12.5. The van der Waals surface area contributed by atoms with Crippen LogP contribution in [0, 0.1) is 0 Å². The van der Waals surface area contributed by atoms with E-state index in [0.717, 1.165) is 12.8 Å². The molecule has 5 heteroatoms. The molecule has 3 rings (SSSR count). The van der Waals surface area contributed by atoms with E-state index in [9.17, 15) is 9.59 Å². The first kappa shape index (κ1) is 22.1. The van der Waals surface area contributed by atoms with Gasteiger partial charge in [0.1, 0.15) is 17.1 Å². The number of ether oxygens (including phenoxy) is 2. The number of nitrogens with one attached hydrogen (secondary N) is 1. The third-order valence-electron chi connectivity index (χ3n) is 4.83. The number of benzene rings is 3. The molecule has 0 aliphatic heterocycles. The summed E-state index contributed by atoms with van der Waals surface area (Å²) in [6.07, 6.45) is 0.738. The second kappa shape index (κ2) is 11.0. The number of para-hydroxylation sites is 2. The van der Waals surface area contributed by atoms with E-state index in [4.69, 9.17) is 9.47 Å². The van der Waals surface area contributed by atoms with Crippen LogP contribution in [-0.2, 0) is 16.0 Å². The van der Waals surface area contributed by atoms with Gasteiger partial charge in [-0.2, -0.15) is 0 Å². The lowest BCUT2D eigenvalue weighted by Crippen LogP contribution is -2.41. The highest BCUT2D eigenvalue weighted by Crippen LogP contribution is 2.25. The van der Waals surface area contributed by atoms with Crippen molar-refractivity contribution in [3.05, 3.63) is 96.1 Å². The summed E-state index contributed by atoms with van der Waals surface area (Å²) < 4.78 is 11.2. The average Bonchev–Trinajstić information content (AvgIpc) is 2.79. The molecule has 3 aromatic carbocycles. The minimum absolute atomic E-state index is 0.0393. The SMILES string of the molecule is C[C@@H](CCc1ccccc1)NC(=O)[C@@H](C)OC(=O)c1ccccc1Oc1ccccc1. The number of hydrogen-bond acceptors (Lipinski definition) is 4. The number of aryl methyl sites for hydroxylation is 1. The van der Waals surface area contributed by atoms with Gasteiger partial charge in [0.15, 0.2) is 6.10 Å². The minimum Gasteiger partial charge on any atom is -0.456 e. The molecule has 3 aromatic rings. The fraction of sp³-hybridized carbons (Fsp3) is 0.231. The number of carbonyl (C=O) groups is 2. The standard InChI is InChI=1S/C26H27NO4/c1-19(17-18-21-11-5-3-6-12-21)27-25(28)20(2)30-26(29)23-15-9-10-16-24(23)31-22-13-7-4-8-14-22/h3-16,19-20H,17-18H2,1-2H3,(H,27,28)/t19-,20+/m0/s1. The zero-order chi connectivity index (χ0) is 22.1. The van der Waals surface area contributed by atoms with Crippen molar-refractivity contribution in [3.8, 4) is 11.5 Å². The van der Waals surface area contributed by atoms with Gasteiger partial charge in [0, 0.05) is 6.04 Å². The average molecular weight is 418 g/mol. The molecule has 1 N–H and O–H groups in total. The zero-order valence-electron chi connectivity index (χ0n) is 17.8. The Bertz CT molecular complexity index is 989. The molecule has 1 amide bonds. The molecule has 0 unspecified atom stereocenters. The summed E-state index contributed by atoms with van der Waals surface area (Å²) in [5.41, 5.74) is 1.49. The molecule has 0 aliphatic carbocycles. The van der Waals surface area contributed by atoms with Gasteiger partial charge in [0.25, 0.3) is 5.91 Å². The van der Waals surface area contributed by atoms with E-state index in [-0.39, 0.29) is 17.5 Å². The molecular formula is C26H27NO4. The van der Waals surface area contributed by atoms with E-state index >= 15 is 0 Å². The van der Waals surface area contributed by atoms with E-state index in [0.29, 0.717) is 11.5 Å². The van der Waals surface area contributed by atoms with E-state index in [1.54, 1.807) is 43.3 Å². The monoisotopic (exact) mass is 417 g/mol. The van der Waals surface area contributed by atoms with Crippen molar-refractivity contribution in [1.29, 1.82) is 0 Å². The van der Waals surface area contributed by atoms with Crippen LogP contribution in [0.4, 0.5) is 0 Å². The van der Waals surface area contributed by atoms with Gasteiger partial charge in [-0.05, 0) is 56.5 Å². The Balaban J connectivity index is 1.54. The summed E-state index contributed by atoms with van der Waals surface area (Å²) in [5, 5.41) is 2.91.